The molecule has 5 nitrogen and oxygen atoms in total. The standard InChI is InChI=1S/C13H21N3O2S/c1-15-19(17,18)13-8-11(14)6-7-12(13)16-9-10-4-2-3-5-10/h6-8,10,15-16H,2-5,9,14H2,1H3. The molecule has 0 amide bonds. The third-order valence-electron chi connectivity index (χ3n) is 3.62. The van der Waals surface area contributed by atoms with Crippen molar-refractivity contribution in [1.82, 2.24) is 4.72 Å². The Balaban J connectivity index is 2.19. The molecule has 1 fully saturated rings. The Morgan fingerprint density at radius 3 is 2.63 bits per heavy atom. The van der Waals surface area contributed by atoms with Gasteiger partial charge in [0.2, 0.25) is 10.0 Å². The first kappa shape index (κ1) is 14.1. The van der Waals surface area contributed by atoms with E-state index in [9.17, 15) is 8.42 Å². The van der Waals surface area contributed by atoms with E-state index in [1.54, 1.807) is 12.1 Å². The summed E-state index contributed by atoms with van der Waals surface area (Å²) in [7, 11) is -2.09. The monoisotopic (exact) mass is 283 g/mol. The van der Waals surface area contributed by atoms with Crippen molar-refractivity contribution in [3.05, 3.63) is 18.2 Å². The topological polar surface area (TPSA) is 84.2 Å². The highest BCUT2D eigenvalue weighted by Gasteiger charge is 2.19. The Hall–Kier alpha value is -1.27. The molecule has 0 radical (unpaired) electrons. The maximum Gasteiger partial charge on any atom is 0.242 e. The second-order valence-electron chi connectivity index (χ2n) is 4.99. The van der Waals surface area contributed by atoms with Gasteiger partial charge in [0.1, 0.15) is 4.90 Å². The van der Waals surface area contributed by atoms with Gasteiger partial charge in [0.05, 0.1) is 5.69 Å². The molecule has 1 aromatic carbocycles. The summed E-state index contributed by atoms with van der Waals surface area (Å²) in [4.78, 5) is 0.216. The van der Waals surface area contributed by atoms with E-state index < -0.39 is 10.0 Å². The third kappa shape index (κ3) is 3.39. The van der Waals surface area contributed by atoms with Crippen molar-refractivity contribution in [2.24, 2.45) is 5.92 Å². The highest BCUT2D eigenvalue weighted by molar-refractivity contribution is 7.89. The average Bonchev–Trinajstić information content (AvgIpc) is 2.90. The summed E-state index contributed by atoms with van der Waals surface area (Å²) in [5, 5.41) is 3.25. The largest absolute Gasteiger partial charge is 0.399 e. The van der Waals surface area contributed by atoms with Crippen LogP contribution in [0.4, 0.5) is 11.4 Å². The van der Waals surface area contributed by atoms with Crippen LogP contribution in [-0.4, -0.2) is 22.0 Å². The fourth-order valence-corrected chi connectivity index (χ4v) is 3.43. The molecule has 4 N–H and O–H groups in total. The quantitative estimate of drug-likeness (QED) is 0.719. The van der Waals surface area contributed by atoms with Crippen molar-refractivity contribution in [2.75, 3.05) is 24.6 Å². The molecule has 0 saturated heterocycles. The molecule has 0 aliphatic heterocycles. The molecule has 0 atom stereocenters. The molecule has 19 heavy (non-hydrogen) atoms. The molecule has 6 heteroatoms. The number of anilines is 2. The van der Waals surface area contributed by atoms with E-state index in [0.29, 0.717) is 17.3 Å². The normalized spacial score (nSPS) is 16.7. The minimum atomic E-state index is -3.49. The predicted molar refractivity (Wildman–Crippen MR) is 77.5 cm³/mol. The Kier molecular flexibility index (Phi) is 4.31. The van der Waals surface area contributed by atoms with Crippen molar-refractivity contribution in [2.45, 2.75) is 30.6 Å². The SMILES string of the molecule is CNS(=O)(=O)c1cc(N)ccc1NCC1CCCC1. The average molecular weight is 283 g/mol. The summed E-state index contributed by atoms with van der Waals surface area (Å²) in [6.45, 7) is 0.816. The molecule has 0 unspecified atom stereocenters. The lowest BCUT2D eigenvalue weighted by Crippen LogP contribution is -2.21. The minimum Gasteiger partial charge on any atom is -0.399 e. The van der Waals surface area contributed by atoms with Gasteiger partial charge in [0.25, 0.3) is 0 Å². The van der Waals surface area contributed by atoms with Crippen LogP contribution in [0.5, 0.6) is 0 Å². The van der Waals surface area contributed by atoms with Gasteiger partial charge >= 0.3 is 0 Å². The van der Waals surface area contributed by atoms with Gasteiger partial charge in [-0.05, 0) is 44.0 Å². The van der Waals surface area contributed by atoms with Crippen molar-refractivity contribution < 1.29 is 8.42 Å². The summed E-state index contributed by atoms with van der Waals surface area (Å²) < 4.78 is 26.3. The van der Waals surface area contributed by atoms with Crippen molar-refractivity contribution in [3.63, 3.8) is 0 Å². The second kappa shape index (κ2) is 5.79. The number of hydrogen-bond donors (Lipinski definition) is 3. The van der Waals surface area contributed by atoms with Gasteiger partial charge in [0.15, 0.2) is 0 Å². The van der Waals surface area contributed by atoms with Crippen molar-refractivity contribution in [1.29, 1.82) is 0 Å². The zero-order chi connectivity index (χ0) is 13.9. The Morgan fingerprint density at radius 2 is 2.00 bits per heavy atom. The molecule has 0 heterocycles. The summed E-state index contributed by atoms with van der Waals surface area (Å²) in [6, 6.07) is 4.93. The molecule has 2 rings (SSSR count). The molecule has 0 spiro atoms. The van der Waals surface area contributed by atoms with Gasteiger partial charge < -0.3 is 11.1 Å². The number of nitrogens with two attached hydrogens (primary N) is 1. The van der Waals surface area contributed by atoms with Crippen LogP contribution in [0.3, 0.4) is 0 Å². The van der Waals surface area contributed by atoms with E-state index in [1.165, 1.54) is 38.8 Å². The van der Waals surface area contributed by atoms with Crippen LogP contribution in [0.15, 0.2) is 23.1 Å². The van der Waals surface area contributed by atoms with Crippen LogP contribution in [-0.2, 0) is 10.0 Å². The van der Waals surface area contributed by atoms with E-state index >= 15 is 0 Å². The van der Waals surface area contributed by atoms with Crippen molar-refractivity contribution >= 4 is 21.4 Å². The lowest BCUT2D eigenvalue weighted by molar-refractivity contribution is 0.577. The first-order valence-corrected chi connectivity index (χ1v) is 8.08. The lowest BCUT2D eigenvalue weighted by Gasteiger charge is -2.15. The molecule has 0 bridgehead atoms. The smallest absolute Gasteiger partial charge is 0.242 e. The molecule has 0 aromatic heterocycles. The molecule has 1 aliphatic carbocycles. The zero-order valence-electron chi connectivity index (χ0n) is 11.1. The van der Waals surface area contributed by atoms with Gasteiger partial charge in [0, 0.05) is 12.2 Å². The van der Waals surface area contributed by atoms with Crippen molar-refractivity contribution in [3.8, 4) is 0 Å². The number of nitrogen functional groups attached to an aromatic ring is 1. The van der Waals surface area contributed by atoms with Gasteiger partial charge in [-0.15, -0.1) is 0 Å². The predicted octanol–water partition coefficient (Wildman–Crippen LogP) is 1.78. The zero-order valence-corrected chi connectivity index (χ0v) is 12.0. The highest BCUT2D eigenvalue weighted by atomic mass is 32.2. The number of nitrogens with one attached hydrogen (secondary N) is 2. The first-order chi connectivity index (χ1) is 9.03. The molecule has 1 aliphatic rings. The van der Waals surface area contributed by atoms with Crippen LogP contribution in [0, 0.1) is 5.92 Å². The molecule has 1 saturated carbocycles. The lowest BCUT2D eigenvalue weighted by atomic mass is 10.1. The first-order valence-electron chi connectivity index (χ1n) is 6.60. The number of sulfonamides is 1. The van der Waals surface area contributed by atoms with Crippen LogP contribution >= 0.6 is 0 Å². The second-order valence-corrected chi connectivity index (χ2v) is 6.85. The van der Waals surface area contributed by atoms with E-state index in [-0.39, 0.29) is 4.90 Å². The Morgan fingerprint density at radius 1 is 1.32 bits per heavy atom. The van der Waals surface area contributed by atoms with Gasteiger partial charge in [-0.3, -0.25) is 0 Å². The van der Waals surface area contributed by atoms with Gasteiger partial charge in [-0.2, -0.15) is 0 Å². The van der Waals surface area contributed by atoms with Gasteiger partial charge in [-0.25, -0.2) is 13.1 Å². The van der Waals surface area contributed by atoms with Gasteiger partial charge in [-0.1, -0.05) is 12.8 Å². The fraction of sp³-hybridized carbons (Fsp3) is 0.538. The Labute approximate surface area is 114 Å². The minimum absolute atomic E-state index is 0.216. The third-order valence-corrected chi connectivity index (χ3v) is 5.07. The number of hydrogen-bond acceptors (Lipinski definition) is 4. The number of benzene rings is 1. The Bertz CT molecular complexity index is 537. The van der Waals surface area contributed by atoms with E-state index in [4.69, 9.17) is 5.73 Å². The van der Waals surface area contributed by atoms with Crippen LogP contribution in [0.2, 0.25) is 0 Å². The molecule has 106 valence electrons. The van der Waals surface area contributed by atoms with Crippen LogP contribution in [0.25, 0.3) is 0 Å². The molecular formula is C13H21N3O2S. The van der Waals surface area contributed by atoms with E-state index in [1.807, 2.05) is 0 Å². The fourth-order valence-electron chi connectivity index (χ4n) is 2.49. The molecular weight excluding hydrogens is 262 g/mol. The summed E-state index contributed by atoms with van der Waals surface area (Å²) >= 11 is 0. The number of rotatable bonds is 5. The van der Waals surface area contributed by atoms with Crippen LogP contribution in [0.1, 0.15) is 25.7 Å². The maximum atomic E-state index is 12.0. The maximum absolute atomic E-state index is 12.0. The summed E-state index contributed by atoms with van der Waals surface area (Å²) in [5.74, 6) is 0.641. The summed E-state index contributed by atoms with van der Waals surface area (Å²) in [6.07, 6.45) is 4.98. The van der Waals surface area contributed by atoms with E-state index in [2.05, 4.69) is 10.0 Å². The van der Waals surface area contributed by atoms with Crippen LogP contribution < -0.4 is 15.8 Å². The highest BCUT2D eigenvalue weighted by Crippen LogP contribution is 2.27. The van der Waals surface area contributed by atoms with E-state index in [0.717, 1.165) is 6.54 Å². The summed E-state index contributed by atoms with van der Waals surface area (Å²) in [5.41, 5.74) is 6.74. The molecule has 1 aromatic rings.